The molecule has 0 radical (unpaired) electrons. The summed E-state index contributed by atoms with van der Waals surface area (Å²) in [6.45, 7) is 2.30. The van der Waals surface area contributed by atoms with E-state index >= 15 is 0 Å². The van der Waals surface area contributed by atoms with Crippen LogP contribution < -0.4 is 5.32 Å². The van der Waals surface area contributed by atoms with Gasteiger partial charge in [0.25, 0.3) is 5.91 Å². The maximum atomic E-state index is 12.1. The molecule has 3 aromatic rings. The maximum Gasteiger partial charge on any atom is 0.253 e. The molecule has 0 aliphatic carbocycles. The average Bonchev–Trinajstić information content (AvgIpc) is 3.40. The highest BCUT2D eigenvalue weighted by Gasteiger charge is 2.08. The fraction of sp³-hybridized carbons (Fsp3) is 0.278. The minimum Gasteiger partial charge on any atom is -0.768 e. The van der Waals surface area contributed by atoms with Gasteiger partial charge in [-0.2, -0.15) is 5.10 Å². The number of carbonyl (C=O) groups excluding carboxylic acids is 1. The highest BCUT2D eigenvalue weighted by molar-refractivity contribution is 7.79. The Morgan fingerprint density at radius 1 is 1.22 bits per heavy atom. The molecule has 142 valence electrons. The van der Waals surface area contributed by atoms with Gasteiger partial charge in [0.05, 0.1) is 11.8 Å². The van der Waals surface area contributed by atoms with Gasteiger partial charge in [-0.25, -0.2) is 4.98 Å². The van der Waals surface area contributed by atoms with Gasteiger partial charge in [-0.15, -0.1) is 0 Å². The lowest BCUT2D eigenvalue weighted by molar-refractivity contribution is 0.0950. The molecular formula is C18H19N4O4S-. The van der Waals surface area contributed by atoms with Gasteiger partial charge in [-0.05, 0) is 47.7 Å². The first-order valence-corrected chi connectivity index (χ1v) is 9.54. The van der Waals surface area contributed by atoms with Gasteiger partial charge in [0, 0.05) is 36.2 Å². The second kappa shape index (κ2) is 9.36. The first kappa shape index (κ1) is 19.2. The summed E-state index contributed by atoms with van der Waals surface area (Å²) in [7, 11) is 0. The van der Waals surface area contributed by atoms with Gasteiger partial charge in [0.15, 0.2) is 5.65 Å². The Bertz CT molecular complexity index is 915. The van der Waals surface area contributed by atoms with E-state index < -0.39 is 11.1 Å². The molecule has 2 N–H and O–H groups in total. The van der Waals surface area contributed by atoms with Crippen LogP contribution in [0.15, 0.2) is 47.6 Å². The molecule has 1 aliphatic rings. The monoisotopic (exact) mass is 387 g/mol. The Morgan fingerprint density at radius 3 is 2.59 bits per heavy atom. The summed E-state index contributed by atoms with van der Waals surface area (Å²) in [6, 6.07) is 7.99. The second-order valence-corrected chi connectivity index (χ2v) is 6.85. The Labute approximate surface area is 158 Å². The van der Waals surface area contributed by atoms with E-state index in [1.54, 1.807) is 24.4 Å². The molecule has 0 bridgehead atoms. The van der Waals surface area contributed by atoms with Gasteiger partial charge in [-0.1, -0.05) is 12.1 Å². The van der Waals surface area contributed by atoms with Gasteiger partial charge >= 0.3 is 0 Å². The van der Waals surface area contributed by atoms with Crippen molar-refractivity contribution in [1.82, 2.24) is 20.5 Å². The Hall–Kier alpha value is -2.62. The lowest BCUT2D eigenvalue weighted by atomic mass is 10.2. The Morgan fingerprint density at radius 2 is 1.96 bits per heavy atom. The van der Waals surface area contributed by atoms with Gasteiger partial charge < -0.3 is 14.6 Å². The van der Waals surface area contributed by atoms with Crippen molar-refractivity contribution in [3.8, 4) is 0 Å². The SMILES string of the molecule is C1CCOC1.O=C(NCc1ccc(S(=O)[O-])cc1)c1cnc2[nH]ncc2c1. The molecule has 2 aromatic heterocycles. The van der Waals surface area contributed by atoms with Crippen LogP contribution in [0.25, 0.3) is 11.0 Å². The van der Waals surface area contributed by atoms with E-state index in [1.165, 1.54) is 31.2 Å². The molecule has 0 saturated carbocycles. The summed E-state index contributed by atoms with van der Waals surface area (Å²) >= 11 is -2.24. The average molecular weight is 387 g/mol. The number of hydrogen-bond donors (Lipinski definition) is 2. The van der Waals surface area contributed by atoms with Crippen LogP contribution in [0.5, 0.6) is 0 Å². The molecule has 0 spiro atoms. The molecule has 1 amide bonds. The molecule has 1 saturated heterocycles. The molecule has 3 heterocycles. The number of nitrogens with zero attached hydrogens (tertiary/aromatic N) is 2. The minimum absolute atomic E-state index is 0.213. The number of carbonyl (C=O) groups is 1. The molecule has 1 aromatic carbocycles. The summed E-state index contributed by atoms with van der Waals surface area (Å²) in [5.74, 6) is -0.257. The molecule has 1 fully saturated rings. The first-order valence-electron chi connectivity index (χ1n) is 8.47. The smallest absolute Gasteiger partial charge is 0.253 e. The van der Waals surface area contributed by atoms with Crippen LogP contribution >= 0.6 is 0 Å². The third-order valence-corrected chi connectivity index (χ3v) is 4.61. The van der Waals surface area contributed by atoms with Crippen LogP contribution in [0.1, 0.15) is 28.8 Å². The topological polar surface area (TPSA) is 120 Å². The summed E-state index contributed by atoms with van der Waals surface area (Å²) in [5, 5.41) is 10.1. The van der Waals surface area contributed by atoms with Crippen LogP contribution in [0.3, 0.4) is 0 Å². The van der Waals surface area contributed by atoms with Gasteiger partial charge in [0.1, 0.15) is 0 Å². The number of aromatic nitrogens is 3. The van der Waals surface area contributed by atoms with E-state index in [4.69, 9.17) is 4.74 Å². The highest BCUT2D eigenvalue weighted by atomic mass is 32.2. The molecule has 27 heavy (non-hydrogen) atoms. The molecule has 1 atom stereocenters. The first-order chi connectivity index (χ1) is 13.1. The number of H-pyrrole nitrogens is 1. The molecule has 4 rings (SSSR count). The van der Waals surface area contributed by atoms with E-state index in [9.17, 15) is 13.6 Å². The zero-order valence-corrected chi connectivity index (χ0v) is 15.3. The normalized spacial score (nSPS) is 14.4. The van der Waals surface area contributed by atoms with Crippen LogP contribution in [-0.2, 0) is 22.4 Å². The number of benzene rings is 1. The summed E-state index contributed by atoms with van der Waals surface area (Å²) < 4.78 is 26.5. The molecule has 1 aliphatic heterocycles. The Kier molecular flexibility index (Phi) is 6.64. The number of amides is 1. The maximum absolute atomic E-state index is 12.1. The van der Waals surface area contributed by atoms with E-state index in [0.29, 0.717) is 17.8 Å². The third-order valence-electron chi connectivity index (χ3n) is 3.95. The van der Waals surface area contributed by atoms with Crippen LogP contribution in [0.2, 0.25) is 0 Å². The fourth-order valence-corrected chi connectivity index (χ4v) is 2.83. The summed E-state index contributed by atoms with van der Waals surface area (Å²) in [5.41, 5.74) is 1.86. The second-order valence-electron chi connectivity index (χ2n) is 5.91. The summed E-state index contributed by atoms with van der Waals surface area (Å²) in [4.78, 5) is 16.4. The standard InChI is InChI=1S/C14H12N4O3S.C4H8O/c19-14(11-5-10-8-17-18-13(10)15-7-11)16-6-9-1-3-12(4-2-9)22(20)21;1-2-4-5-3-1/h1-5,7-8H,6H2,(H,16,19)(H,20,21)(H,15,17,18);1-4H2/p-1. The van der Waals surface area contributed by atoms with Crippen LogP contribution in [0, 0.1) is 0 Å². The summed E-state index contributed by atoms with van der Waals surface area (Å²) in [6.07, 6.45) is 5.63. The van der Waals surface area contributed by atoms with Crippen molar-refractivity contribution in [3.63, 3.8) is 0 Å². The lowest BCUT2D eigenvalue weighted by Gasteiger charge is -2.08. The number of aromatic amines is 1. The van der Waals surface area contributed by atoms with Crippen molar-refractivity contribution >= 4 is 28.0 Å². The van der Waals surface area contributed by atoms with Gasteiger partial charge in [0.2, 0.25) is 0 Å². The number of rotatable bonds is 4. The van der Waals surface area contributed by atoms with E-state index in [0.717, 1.165) is 24.2 Å². The number of pyridine rings is 1. The van der Waals surface area contributed by atoms with Crippen molar-refractivity contribution in [3.05, 3.63) is 53.9 Å². The number of hydrogen-bond acceptors (Lipinski definition) is 6. The number of fused-ring (bicyclic) bond motifs is 1. The van der Waals surface area contributed by atoms with Crippen molar-refractivity contribution < 1.29 is 18.3 Å². The van der Waals surface area contributed by atoms with E-state index in [2.05, 4.69) is 20.5 Å². The van der Waals surface area contributed by atoms with Crippen LogP contribution in [-0.4, -0.2) is 43.1 Å². The van der Waals surface area contributed by atoms with Crippen molar-refractivity contribution in [2.24, 2.45) is 0 Å². The largest absolute Gasteiger partial charge is 0.768 e. The highest BCUT2D eigenvalue weighted by Crippen LogP contribution is 2.11. The molecule has 1 unspecified atom stereocenters. The zero-order chi connectivity index (χ0) is 19.1. The number of ether oxygens (including phenoxy) is 1. The van der Waals surface area contributed by atoms with Crippen molar-refractivity contribution in [2.45, 2.75) is 24.3 Å². The quantitative estimate of drug-likeness (QED) is 0.660. The predicted octanol–water partition coefficient (Wildman–Crippen LogP) is 1.92. The third kappa shape index (κ3) is 5.43. The molecular weight excluding hydrogens is 368 g/mol. The minimum atomic E-state index is -2.24. The van der Waals surface area contributed by atoms with E-state index in [-0.39, 0.29) is 10.8 Å². The van der Waals surface area contributed by atoms with Crippen molar-refractivity contribution in [1.29, 1.82) is 0 Å². The lowest BCUT2D eigenvalue weighted by Crippen LogP contribution is -2.22. The molecule has 9 heteroatoms. The fourth-order valence-electron chi connectivity index (χ4n) is 2.47. The van der Waals surface area contributed by atoms with E-state index in [1.807, 2.05) is 0 Å². The van der Waals surface area contributed by atoms with Crippen molar-refractivity contribution in [2.75, 3.05) is 13.2 Å². The zero-order valence-electron chi connectivity index (χ0n) is 14.5. The predicted molar refractivity (Wildman–Crippen MR) is 98.7 cm³/mol. The van der Waals surface area contributed by atoms with Crippen LogP contribution in [0.4, 0.5) is 0 Å². The molecule has 8 nitrogen and oxygen atoms in total. The Balaban J connectivity index is 0.000000364. The number of nitrogens with one attached hydrogen (secondary N) is 2. The van der Waals surface area contributed by atoms with Gasteiger partial charge in [-0.3, -0.25) is 14.1 Å².